The summed E-state index contributed by atoms with van der Waals surface area (Å²) >= 11 is 0. The first-order valence-corrected chi connectivity index (χ1v) is 16.4. The summed E-state index contributed by atoms with van der Waals surface area (Å²) in [6.07, 6.45) is 0.824. The number of fused-ring (bicyclic) bond motifs is 2. The summed E-state index contributed by atoms with van der Waals surface area (Å²) in [6.45, 7) is 9.40. The number of carbonyl (C=O) groups is 2. The van der Waals surface area contributed by atoms with E-state index >= 15 is 0 Å². The van der Waals surface area contributed by atoms with Crippen LogP contribution in [0.2, 0.25) is 0 Å². The van der Waals surface area contributed by atoms with Crippen molar-refractivity contribution in [1.82, 2.24) is 14.5 Å². The summed E-state index contributed by atoms with van der Waals surface area (Å²) in [4.78, 5) is 31.2. The Kier molecular flexibility index (Phi) is 9.45. The summed E-state index contributed by atoms with van der Waals surface area (Å²) in [5.41, 5.74) is 4.15. The minimum absolute atomic E-state index is 0.141. The molecule has 2 heterocycles. The van der Waals surface area contributed by atoms with Crippen LogP contribution in [0.15, 0.2) is 72.8 Å². The number of hydrogen-bond donors (Lipinski definition) is 0. The molecule has 0 aliphatic carbocycles. The van der Waals surface area contributed by atoms with E-state index in [0.717, 1.165) is 38.8 Å². The highest BCUT2D eigenvalue weighted by Crippen LogP contribution is 2.36. The number of esters is 1. The van der Waals surface area contributed by atoms with Crippen LogP contribution in [0, 0.1) is 18.3 Å². The average Bonchev–Trinajstić information content (AvgIpc) is 3.39. The van der Waals surface area contributed by atoms with Crippen molar-refractivity contribution in [2.24, 2.45) is 0 Å². The highest BCUT2D eigenvalue weighted by atomic mass is 16.6. The van der Waals surface area contributed by atoms with Crippen LogP contribution in [0.5, 0.6) is 11.5 Å². The zero-order chi connectivity index (χ0) is 34.7. The second kappa shape index (κ2) is 13.9. The molecule has 4 aromatic carbocycles. The quantitative estimate of drug-likeness (QED) is 0.157. The molecule has 1 aliphatic heterocycles. The fourth-order valence-corrected chi connectivity index (χ4v) is 6.10. The Hall–Kier alpha value is -5.56. The van der Waals surface area contributed by atoms with Crippen LogP contribution in [0.25, 0.3) is 21.8 Å². The summed E-state index contributed by atoms with van der Waals surface area (Å²) in [7, 11) is 1.36. The summed E-state index contributed by atoms with van der Waals surface area (Å²) in [6, 6.07) is 25.1. The van der Waals surface area contributed by atoms with E-state index in [1.807, 2.05) is 88.4 Å². The van der Waals surface area contributed by atoms with Gasteiger partial charge in [0.05, 0.1) is 35.3 Å². The molecule has 1 aliphatic rings. The maximum atomic E-state index is 12.7. The van der Waals surface area contributed by atoms with Gasteiger partial charge in [0.2, 0.25) is 0 Å². The van der Waals surface area contributed by atoms with Crippen molar-refractivity contribution in [3.63, 3.8) is 0 Å². The molecule has 0 radical (unpaired) electrons. The summed E-state index contributed by atoms with van der Waals surface area (Å²) in [5, 5.41) is 11.6. The van der Waals surface area contributed by atoms with Crippen molar-refractivity contribution in [2.75, 3.05) is 20.2 Å². The molecule has 1 aromatic heterocycles. The number of nitriles is 1. The predicted octanol–water partition coefficient (Wildman–Crippen LogP) is 7.56. The number of carbonyl (C=O) groups excluding carboxylic acids is 2. The molecule has 0 unspecified atom stereocenters. The van der Waals surface area contributed by atoms with Crippen molar-refractivity contribution in [3.05, 3.63) is 101 Å². The standard InChI is InChI=1S/C39H40N4O6/c1-25-41-33-20-35(47-24-26-10-12-27(13-11-26)37(44)46-5)36(48-30-16-18-42(19-17-30)38(45)49-39(2,3)4)21-34(33)43(25)23-29-15-14-28(22-40)31-8-6-7-9-32(29)31/h6-15,20-21,30H,16-19,23-24H2,1-5H3. The van der Waals surface area contributed by atoms with Gasteiger partial charge in [0.1, 0.15) is 24.1 Å². The molecule has 10 heteroatoms. The van der Waals surface area contributed by atoms with Crippen LogP contribution in [0.3, 0.4) is 0 Å². The Balaban J connectivity index is 1.30. The normalized spacial score (nSPS) is 13.7. The molecule has 252 valence electrons. The minimum Gasteiger partial charge on any atom is -0.486 e. The second-order valence-electron chi connectivity index (χ2n) is 13.2. The number of methoxy groups -OCH3 is 1. The highest BCUT2D eigenvalue weighted by Gasteiger charge is 2.28. The topological polar surface area (TPSA) is 116 Å². The lowest BCUT2D eigenvalue weighted by atomic mass is 10.00. The molecule has 1 saturated heterocycles. The van der Waals surface area contributed by atoms with E-state index in [0.29, 0.717) is 55.1 Å². The summed E-state index contributed by atoms with van der Waals surface area (Å²) in [5.74, 6) is 1.56. The van der Waals surface area contributed by atoms with E-state index < -0.39 is 11.6 Å². The minimum atomic E-state index is -0.559. The molecule has 5 aromatic rings. The Bertz CT molecular complexity index is 2050. The molecule has 6 rings (SSSR count). The molecule has 0 bridgehead atoms. The lowest BCUT2D eigenvalue weighted by Crippen LogP contribution is -2.44. The van der Waals surface area contributed by atoms with E-state index in [2.05, 4.69) is 10.6 Å². The number of ether oxygens (including phenoxy) is 4. The molecule has 49 heavy (non-hydrogen) atoms. The van der Waals surface area contributed by atoms with Gasteiger partial charge < -0.3 is 28.4 Å². The van der Waals surface area contributed by atoms with Gasteiger partial charge in [-0.2, -0.15) is 5.26 Å². The number of hydrogen-bond acceptors (Lipinski definition) is 8. The molecule has 10 nitrogen and oxygen atoms in total. The van der Waals surface area contributed by atoms with E-state index in [4.69, 9.17) is 23.9 Å². The molecule has 0 saturated carbocycles. The number of likely N-dealkylation sites (tertiary alicyclic amines) is 1. The maximum Gasteiger partial charge on any atom is 0.410 e. The number of aromatic nitrogens is 2. The van der Waals surface area contributed by atoms with Crippen LogP contribution in [-0.2, 0) is 22.6 Å². The van der Waals surface area contributed by atoms with Gasteiger partial charge in [-0.3, -0.25) is 0 Å². The van der Waals surface area contributed by atoms with Crippen LogP contribution in [0.1, 0.15) is 66.5 Å². The van der Waals surface area contributed by atoms with E-state index in [1.165, 1.54) is 7.11 Å². The smallest absolute Gasteiger partial charge is 0.410 e. The Morgan fingerprint density at radius 3 is 2.35 bits per heavy atom. The molecular formula is C39H40N4O6. The van der Waals surface area contributed by atoms with Crippen LogP contribution in [-0.4, -0.2) is 58.4 Å². The Morgan fingerprint density at radius 2 is 1.67 bits per heavy atom. The summed E-state index contributed by atoms with van der Waals surface area (Å²) < 4.78 is 25.6. The first kappa shape index (κ1) is 33.3. The second-order valence-corrected chi connectivity index (χ2v) is 13.2. The lowest BCUT2D eigenvalue weighted by molar-refractivity contribution is 0.0123. The van der Waals surface area contributed by atoms with Crippen molar-refractivity contribution in [1.29, 1.82) is 5.26 Å². The van der Waals surface area contributed by atoms with E-state index in [-0.39, 0.29) is 18.8 Å². The van der Waals surface area contributed by atoms with Crippen molar-refractivity contribution >= 4 is 33.9 Å². The van der Waals surface area contributed by atoms with Crippen LogP contribution >= 0.6 is 0 Å². The zero-order valence-corrected chi connectivity index (χ0v) is 28.5. The van der Waals surface area contributed by atoms with Crippen molar-refractivity contribution in [2.45, 2.75) is 65.4 Å². The Morgan fingerprint density at radius 1 is 0.959 bits per heavy atom. The third-order valence-electron chi connectivity index (χ3n) is 8.62. The SMILES string of the molecule is COC(=O)c1ccc(COc2cc3nc(C)n(Cc4ccc(C#N)c5ccccc45)c3cc2OC2CCN(C(=O)OC(C)(C)C)CC2)cc1. The van der Waals surface area contributed by atoms with Gasteiger partial charge in [-0.1, -0.05) is 42.5 Å². The molecule has 0 atom stereocenters. The van der Waals surface area contributed by atoms with Crippen LogP contribution < -0.4 is 9.47 Å². The Labute approximate surface area is 285 Å². The third-order valence-corrected chi connectivity index (χ3v) is 8.62. The molecule has 1 amide bonds. The number of rotatable bonds is 8. The highest BCUT2D eigenvalue weighted by molar-refractivity contribution is 5.91. The van der Waals surface area contributed by atoms with Gasteiger partial charge in [-0.05, 0) is 67.8 Å². The maximum absolute atomic E-state index is 12.7. The number of piperidine rings is 1. The predicted molar refractivity (Wildman–Crippen MR) is 186 cm³/mol. The van der Waals surface area contributed by atoms with E-state index in [9.17, 15) is 14.9 Å². The van der Waals surface area contributed by atoms with Gasteiger partial charge in [-0.25, -0.2) is 14.6 Å². The van der Waals surface area contributed by atoms with Gasteiger partial charge in [0, 0.05) is 44.6 Å². The molecular weight excluding hydrogens is 620 g/mol. The number of imidazole rings is 1. The lowest BCUT2D eigenvalue weighted by Gasteiger charge is -2.33. The molecule has 0 N–H and O–H groups in total. The molecule has 0 spiro atoms. The average molecular weight is 661 g/mol. The number of aryl methyl sites for hydroxylation is 1. The van der Waals surface area contributed by atoms with Gasteiger partial charge >= 0.3 is 12.1 Å². The zero-order valence-electron chi connectivity index (χ0n) is 28.5. The number of nitrogens with zero attached hydrogens (tertiary/aromatic N) is 4. The monoisotopic (exact) mass is 660 g/mol. The number of benzene rings is 4. The van der Waals surface area contributed by atoms with Gasteiger partial charge in [0.15, 0.2) is 11.5 Å². The largest absolute Gasteiger partial charge is 0.486 e. The fraction of sp³-hybridized carbons (Fsp3) is 0.333. The van der Waals surface area contributed by atoms with Crippen LogP contribution in [0.4, 0.5) is 4.79 Å². The fourth-order valence-electron chi connectivity index (χ4n) is 6.10. The third kappa shape index (κ3) is 7.46. The first-order valence-electron chi connectivity index (χ1n) is 16.4. The number of amides is 1. The van der Waals surface area contributed by atoms with Crippen molar-refractivity contribution in [3.8, 4) is 17.6 Å². The van der Waals surface area contributed by atoms with Gasteiger partial charge in [-0.15, -0.1) is 0 Å². The first-order chi connectivity index (χ1) is 23.5. The molecule has 1 fully saturated rings. The van der Waals surface area contributed by atoms with Gasteiger partial charge in [0.25, 0.3) is 0 Å². The van der Waals surface area contributed by atoms with E-state index in [1.54, 1.807) is 17.0 Å². The van der Waals surface area contributed by atoms with Crippen molar-refractivity contribution < 1.29 is 28.5 Å².